The van der Waals surface area contributed by atoms with Crippen LogP contribution in [0.2, 0.25) is 0 Å². The molecule has 1 saturated carbocycles. The van der Waals surface area contributed by atoms with Crippen molar-refractivity contribution in [3.8, 4) is 28.6 Å². The van der Waals surface area contributed by atoms with E-state index in [0.29, 0.717) is 34.3 Å². The first-order valence-corrected chi connectivity index (χ1v) is 11.0. The van der Waals surface area contributed by atoms with Gasteiger partial charge in [0.2, 0.25) is 0 Å². The van der Waals surface area contributed by atoms with E-state index in [1.807, 2.05) is 25.4 Å². The second-order valence-corrected chi connectivity index (χ2v) is 8.88. The zero-order chi connectivity index (χ0) is 23.4. The molecule has 0 aromatic carbocycles. The lowest BCUT2D eigenvalue weighted by molar-refractivity contribution is 0.0808. The maximum atomic E-state index is 11.0. The average molecular weight is 455 g/mol. The van der Waals surface area contributed by atoms with E-state index in [-0.39, 0.29) is 6.04 Å². The number of anilines is 1. The fourth-order valence-corrected chi connectivity index (χ4v) is 5.16. The molecule has 2 bridgehead atoms. The molecule has 11 nitrogen and oxygen atoms in total. The summed E-state index contributed by atoms with van der Waals surface area (Å²) in [6, 6.07) is 6.14. The molecule has 0 radical (unpaired) electrons. The molecule has 1 amide bonds. The van der Waals surface area contributed by atoms with Gasteiger partial charge in [0.1, 0.15) is 23.0 Å². The van der Waals surface area contributed by atoms with Crippen molar-refractivity contribution in [2.75, 3.05) is 18.0 Å². The summed E-state index contributed by atoms with van der Waals surface area (Å²) in [5.41, 5.74) is 4.02. The number of hydrogen-bond acceptors (Lipinski definition) is 7. The Hall–Kier alpha value is -4.46. The quantitative estimate of drug-likeness (QED) is 0.478. The number of piperidine rings is 2. The molecule has 170 valence electrons. The fourth-order valence-electron chi connectivity index (χ4n) is 5.16. The summed E-state index contributed by atoms with van der Waals surface area (Å²) in [6.07, 6.45) is 8.80. The molecule has 2 aliphatic heterocycles. The third-order valence-electron chi connectivity index (χ3n) is 6.78. The molecule has 6 heterocycles. The Kier molecular flexibility index (Phi) is 4.48. The predicted molar refractivity (Wildman–Crippen MR) is 122 cm³/mol. The van der Waals surface area contributed by atoms with Crippen LogP contribution in [0.1, 0.15) is 12.0 Å². The molecule has 0 spiro atoms. The molecular formula is C23H21N9O2. The largest absolute Gasteiger partial charge is 0.465 e. The lowest BCUT2D eigenvalue weighted by atomic mass is 9.66. The van der Waals surface area contributed by atoms with Crippen molar-refractivity contribution in [1.29, 1.82) is 5.26 Å². The minimum absolute atomic E-state index is 0.0343. The summed E-state index contributed by atoms with van der Waals surface area (Å²) in [5, 5.41) is 29.9. The number of fused-ring (bicyclic) bond motifs is 3. The van der Waals surface area contributed by atoms with Gasteiger partial charge >= 0.3 is 6.09 Å². The summed E-state index contributed by atoms with van der Waals surface area (Å²) >= 11 is 0. The predicted octanol–water partition coefficient (Wildman–Crippen LogP) is 2.16. The number of nitrogens with one attached hydrogen (secondary N) is 1. The maximum Gasteiger partial charge on any atom is 0.404 e. The SMILES string of the molecule is Cn1cc(-c2cn3ncc(C#N)c3c(-c3ccc(N4C[C@H]5C[C@@H](C4)[C@H]5NC(=O)O)nc3)n2)cn1. The van der Waals surface area contributed by atoms with Crippen LogP contribution in [0.5, 0.6) is 0 Å². The van der Waals surface area contributed by atoms with E-state index in [9.17, 15) is 10.1 Å². The molecule has 4 aromatic heterocycles. The topological polar surface area (TPSA) is 137 Å². The van der Waals surface area contributed by atoms with Crippen LogP contribution in [0.15, 0.2) is 43.1 Å². The van der Waals surface area contributed by atoms with Crippen LogP contribution in [0.3, 0.4) is 0 Å². The van der Waals surface area contributed by atoms with E-state index in [1.54, 1.807) is 27.8 Å². The number of carbonyl (C=O) groups is 1. The van der Waals surface area contributed by atoms with Crippen LogP contribution in [0.25, 0.3) is 28.0 Å². The summed E-state index contributed by atoms with van der Waals surface area (Å²) in [5.74, 6) is 1.46. The second kappa shape index (κ2) is 7.55. The number of carboxylic acid groups (broad SMARTS) is 1. The number of hydrogen-bond donors (Lipinski definition) is 2. The molecule has 34 heavy (non-hydrogen) atoms. The zero-order valence-corrected chi connectivity index (χ0v) is 18.3. The lowest BCUT2D eigenvalue weighted by Crippen LogP contribution is -2.64. The standard InChI is InChI=1S/C23H21N9O2/c1-30-9-17(8-26-30)18-12-32-22(16(5-24)7-27-32)21(28-18)13-2-3-19(25-6-13)31-10-14-4-15(11-31)20(14)29-23(33)34/h2-3,6-9,12,14-15,20,29H,4,10-11H2,1H3,(H,33,34)/t14-,15+,20+. The Morgan fingerprint density at radius 1 is 1.15 bits per heavy atom. The molecule has 7 rings (SSSR count). The van der Waals surface area contributed by atoms with E-state index in [4.69, 9.17) is 15.1 Å². The second-order valence-electron chi connectivity index (χ2n) is 8.88. The third-order valence-corrected chi connectivity index (χ3v) is 6.78. The van der Waals surface area contributed by atoms with Crippen LogP contribution >= 0.6 is 0 Å². The van der Waals surface area contributed by atoms with Crippen molar-refractivity contribution in [2.45, 2.75) is 12.5 Å². The highest BCUT2D eigenvalue weighted by molar-refractivity contribution is 5.83. The van der Waals surface area contributed by atoms with Crippen molar-refractivity contribution in [3.63, 3.8) is 0 Å². The highest BCUT2D eigenvalue weighted by Gasteiger charge is 2.47. The van der Waals surface area contributed by atoms with Gasteiger partial charge in [-0.2, -0.15) is 15.5 Å². The maximum absolute atomic E-state index is 11.0. The van der Waals surface area contributed by atoms with E-state index in [2.05, 4.69) is 26.5 Å². The van der Waals surface area contributed by atoms with Crippen LogP contribution in [0.4, 0.5) is 10.6 Å². The first kappa shape index (κ1) is 20.2. The lowest BCUT2D eigenvalue weighted by Gasteiger charge is -2.53. The molecular weight excluding hydrogens is 434 g/mol. The Morgan fingerprint density at radius 2 is 1.97 bits per heavy atom. The molecule has 2 N–H and O–H groups in total. The number of aromatic nitrogens is 6. The van der Waals surface area contributed by atoms with Gasteiger partial charge in [-0.3, -0.25) is 4.68 Å². The molecule has 2 saturated heterocycles. The van der Waals surface area contributed by atoms with Crippen LogP contribution in [0, 0.1) is 23.2 Å². The monoisotopic (exact) mass is 455 g/mol. The van der Waals surface area contributed by atoms with Crippen molar-refractivity contribution in [2.24, 2.45) is 18.9 Å². The van der Waals surface area contributed by atoms with Crippen molar-refractivity contribution in [1.82, 2.24) is 34.7 Å². The van der Waals surface area contributed by atoms with E-state index in [1.165, 1.54) is 6.20 Å². The van der Waals surface area contributed by atoms with Gasteiger partial charge in [0.15, 0.2) is 0 Å². The third kappa shape index (κ3) is 3.23. The van der Waals surface area contributed by atoms with Gasteiger partial charge in [0, 0.05) is 49.7 Å². The first-order chi connectivity index (χ1) is 16.5. The van der Waals surface area contributed by atoms with Gasteiger partial charge < -0.3 is 15.3 Å². The van der Waals surface area contributed by atoms with Crippen molar-refractivity contribution < 1.29 is 9.90 Å². The number of amides is 1. The van der Waals surface area contributed by atoms with Gasteiger partial charge in [-0.05, 0) is 30.4 Å². The zero-order valence-electron chi connectivity index (χ0n) is 18.3. The number of nitriles is 1. The van der Waals surface area contributed by atoms with Crippen LogP contribution in [-0.4, -0.2) is 59.7 Å². The number of rotatable bonds is 4. The number of aryl methyl sites for hydroxylation is 1. The smallest absolute Gasteiger partial charge is 0.404 e. The summed E-state index contributed by atoms with van der Waals surface area (Å²) in [7, 11) is 1.85. The van der Waals surface area contributed by atoms with Crippen LogP contribution < -0.4 is 10.2 Å². The average Bonchev–Trinajstić information content (AvgIpc) is 3.48. The Balaban J connectivity index is 1.33. The van der Waals surface area contributed by atoms with Gasteiger partial charge in [0.25, 0.3) is 0 Å². The molecule has 0 unspecified atom stereocenters. The van der Waals surface area contributed by atoms with Crippen LogP contribution in [-0.2, 0) is 7.05 Å². The van der Waals surface area contributed by atoms with Gasteiger partial charge in [-0.25, -0.2) is 19.3 Å². The van der Waals surface area contributed by atoms with Gasteiger partial charge in [-0.1, -0.05) is 0 Å². The van der Waals surface area contributed by atoms with Gasteiger partial charge in [-0.15, -0.1) is 0 Å². The molecule has 3 aliphatic rings. The minimum atomic E-state index is -0.959. The molecule has 1 aliphatic carbocycles. The Morgan fingerprint density at radius 3 is 2.62 bits per heavy atom. The molecule has 3 fully saturated rings. The molecule has 3 atom stereocenters. The molecule has 11 heteroatoms. The summed E-state index contributed by atoms with van der Waals surface area (Å²) in [6.45, 7) is 1.54. The first-order valence-electron chi connectivity index (χ1n) is 11.0. The molecule has 4 aromatic rings. The van der Waals surface area contributed by atoms with E-state index < -0.39 is 6.09 Å². The number of nitrogens with zero attached hydrogens (tertiary/aromatic N) is 8. The van der Waals surface area contributed by atoms with E-state index >= 15 is 0 Å². The van der Waals surface area contributed by atoms with Crippen molar-refractivity contribution in [3.05, 3.63) is 48.7 Å². The number of pyridine rings is 1. The minimum Gasteiger partial charge on any atom is -0.465 e. The summed E-state index contributed by atoms with van der Waals surface area (Å²) < 4.78 is 3.38. The van der Waals surface area contributed by atoms with Crippen molar-refractivity contribution >= 4 is 17.4 Å². The highest BCUT2D eigenvalue weighted by Crippen LogP contribution is 2.41. The Labute approximate surface area is 194 Å². The summed E-state index contributed by atoms with van der Waals surface area (Å²) in [4.78, 5) is 22.8. The normalized spacial score (nSPS) is 21.2. The Bertz CT molecular complexity index is 1440. The fraction of sp³-hybridized carbons (Fsp3) is 0.304. The van der Waals surface area contributed by atoms with Gasteiger partial charge in [0.05, 0.1) is 30.0 Å². The van der Waals surface area contributed by atoms with E-state index in [0.717, 1.165) is 36.5 Å². The highest BCUT2D eigenvalue weighted by atomic mass is 16.4.